The van der Waals surface area contributed by atoms with E-state index in [1.165, 1.54) is 24.8 Å². The van der Waals surface area contributed by atoms with Gasteiger partial charge in [0.15, 0.2) is 0 Å². The molecule has 0 heterocycles. The van der Waals surface area contributed by atoms with E-state index in [1.807, 2.05) is 0 Å². The summed E-state index contributed by atoms with van der Waals surface area (Å²) in [5.74, 6) is 2.14. The van der Waals surface area contributed by atoms with Crippen molar-refractivity contribution >= 4 is 41.9 Å². The first kappa shape index (κ1) is 17.5. The van der Waals surface area contributed by atoms with E-state index in [0.717, 1.165) is 24.1 Å². The van der Waals surface area contributed by atoms with Crippen LogP contribution in [0.3, 0.4) is 0 Å². The van der Waals surface area contributed by atoms with Crippen molar-refractivity contribution in [2.45, 2.75) is 57.0 Å². The Balaban J connectivity index is 3.68. The molecule has 0 aromatic rings. The highest BCUT2D eigenvalue weighted by Crippen LogP contribution is 2.43. The van der Waals surface area contributed by atoms with Crippen LogP contribution in [0.4, 0.5) is 0 Å². The van der Waals surface area contributed by atoms with Crippen molar-refractivity contribution in [3.8, 4) is 0 Å². The van der Waals surface area contributed by atoms with E-state index in [9.17, 15) is 0 Å². The molecule has 0 aliphatic carbocycles. The first-order valence-electron chi connectivity index (χ1n) is 6.28. The molecule has 3 atom stereocenters. The van der Waals surface area contributed by atoms with Crippen LogP contribution in [0, 0.1) is 5.92 Å². The Kier molecular flexibility index (Phi) is 12.6. The van der Waals surface area contributed by atoms with Crippen molar-refractivity contribution in [2.24, 2.45) is 5.92 Å². The lowest BCUT2D eigenvalue weighted by Crippen LogP contribution is -2.08. The second kappa shape index (κ2) is 11.6. The normalized spacial score (nSPS) is 16.1. The van der Waals surface area contributed by atoms with Gasteiger partial charge in [0.1, 0.15) is 0 Å². The van der Waals surface area contributed by atoms with Gasteiger partial charge in [-0.05, 0) is 25.4 Å². The number of hydrogen-bond acceptors (Lipinski definition) is 3. The van der Waals surface area contributed by atoms with Gasteiger partial charge >= 0.3 is 0 Å². The van der Waals surface area contributed by atoms with Crippen LogP contribution in [0.1, 0.15) is 47.5 Å². The molecule has 0 amide bonds. The standard InChI is InChI=1S/C12H27PS3/c1-6-8-9-14-16-11(5)15-12(10(3)4)13-7-2/h10-13H,6-9H2,1-5H3. The van der Waals surface area contributed by atoms with Gasteiger partial charge in [-0.15, -0.1) is 20.3 Å². The Morgan fingerprint density at radius 3 is 2.31 bits per heavy atom. The quantitative estimate of drug-likeness (QED) is 0.212. The Bertz CT molecular complexity index is 153. The van der Waals surface area contributed by atoms with E-state index in [4.69, 9.17) is 0 Å². The fraction of sp³-hybridized carbons (Fsp3) is 1.00. The zero-order valence-electron chi connectivity index (χ0n) is 11.3. The highest BCUT2D eigenvalue weighted by molar-refractivity contribution is 8.78. The van der Waals surface area contributed by atoms with Crippen molar-refractivity contribution < 1.29 is 0 Å². The van der Waals surface area contributed by atoms with Crippen LogP contribution in [0.2, 0.25) is 0 Å². The molecule has 0 bridgehead atoms. The van der Waals surface area contributed by atoms with Crippen molar-refractivity contribution in [1.82, 2.24) is 0 Å². The van der Waals surface area contributed by atoms with Gasteiger partial charge in [0.25, 0.3) is 0 Å². The van der Waals surface area contributed by atoms with Crippen LogP contribution < -0.4 is 0 Å². The molecule has 0 saturated heterocycles. The molecule has 16 heavy (non-hydrogen) atoms. The number of rotatable bonds is 10. The molecule has 0 spiro atoms. The molecule has 0 rings (SSSR count). The third kappa shape index (κ3) is 9.50. The summed E-state index contributed by atoms with van der Waals surface area (Å²) in [4.78, 5) is 0.874. The van der Waals surface area contributed by atoms with Gasteiger partial charge in [-0.3, -0.25) is 0 Å². The highest BCUT2D eigenvalue weighted by atomic mass is 33.1. The van der Waals surface area contributed by atoms with Crippen LogP contribution in [0.25, 0.3) is 0 Å². The van der Waals surface area contributed by atoms with Crippen LogP contribution in [0.5, 0.6) is 0 Å². The zero-order valence-corrected chi connectivity index (χ0v) is 14.7. The van der Waals surface area contributed by atoms with E-state index >= 15 is 0 Å². The van der Waals surface area contributed by atoms with E-state index in [-0.39, 0.29) is 0 Å². The lowest BCUT2D eigenvalue weighted by Gasteiger charge is -2.23. The van der Waals surface area contributed by atoms with Crippen molar-refractivity contribution in [3.05, 3.63) is 0 Å². The average Bonchev–Trinajstić information content (AvgIpc) is 2.23. The van der Waals surface area contributed by atoms with Gasteiger partial charge in [0.05, 0.1) is 4.58 Å². The smallest absolute Gasteiger partial charge is 0.0584 e. The summed E-state index contributed by atoms with van der Waals surface area (Å²) in [7, 11) is 5.25. The summed E-state index contributed by atoms with van der Waals surface area (Å²) in [5, 5.41) is 0. The molecule has 0 radical (unpaired) electrons. The lowest BCUT2D eigenvalue weighted by atomic mass is 10.3. The summed E-state index contributed by atoms with van der Waals surface area (Å²) in [5.41, 5.74) is 0. The molecule has 4 heteroatoms. The van der Waals surface area contributed by atoms with Crippen LogP contribution >= 0.6 is 41.9 Å². The predicted octanol–water partition coefficient (Wildman–Crippen LogP) is 5.93. The molecule has 0 aliphatic heterocycles. The van der Waals surface area contributed by atoms with Crippen LogP contribution in [-0.2, 0) is 0 Å². The minimum atomic E-state index is 0.744. The lowest BCUT2D eigenvalue weighted by molar-refractivity contribution is 0.717. The summed E-state index contributed by atoms with van der Waals surface area (Å²) in [6, 6.07) is 0. The minimum Gasteiger partial charge on any atom is -0.139 e. The van der Waals surface area contributed by atoms with Gasteiger partial charge in [-0.2, -0.15) is 0 Å². The molecule has 0 aromatic heterocycles. The molecule has 0 aromatic carbocycles. The van der Waals surface area contributed by atoms with E-state index in [0.29, 0.717) is 0 Å². The summed E-state index contributed by atoms with van der Waals surface area (Å²) < 4.78 is 0.744. The highest BCUT2D eigenvalue weighted by Gasteiger charge is 2.16. The molecule has 0 saturated carbocycles. The number of thioether (sulfide) groups is 1. The second-order valence-corrected chi connectivity index (χ2v) is 11.0. The fourth-order valence-corrected chi connectivity index (χ4v) is 7.97. The molecule has 98 valence electrons. The van der Waals surface area contributed by atoms with Gasteiger partial charge in [0.2, 0.25) is 0 Å². The Morgan fingerprint density at radius 1 is 1.12 bits per heavy atom. The van der Waals surface area contributed by atoms with Crippen molar-refractivity contribution in [1.29, 1.82) is 0 Å². The summed E-state index contributed by atoms with van der Waals surface area (Å²) in [6.45, 7) is 11.7. The van der Waals surface area contributed by atoms with Crippen molar-refractivity contribution in [3.63, 3.8) is 0 Å². The van der Waals surface area contributed by atoms with E-state index in [2.05, 4.69) is 68.0 Å². The monoisotopic (exact) mass is 298 g/mol. The maximum Gasteiger partial charge on any atom is 0.0584 e. The van der Waals surface area contributed by atoms with E-state index < -0.39 is 0 Å². The Morgan fingerprint density at radius 2 is 1.81 bits per heavy atom. The molecular weight excluding hydrogens is 271 g/mol. The molecule has 0 fully saturated rings. The Hall–Kier alpha value is 1.48. The third-order valence-corrected chi connectivity index (χ3v) is 9.36. The Labute approximate surface area is 116 Å². The second-order valence-electron chi connectivity index (χ2n) is 4.20. The van der Waals surface area contributed by atoms with Crippen molar-refractivity contribution in [2.75, 3.05) is 11.9 Å². The molecular formula is C12H27PS3. The first-order valence-corrected chi connectivity index (χ1v) is 10.9. The topological polar surface area (TPSA) is 0 Å². The maximum atomic E-state index is 2.36. The van der Waals surface area contributed by atoms with Crippen LogP contribution in [-0.4, -0.2) is 21.5 Å². The van der Waals surface area contributed by atoms with Crippen LogP contribution in [0.15, 0.2) is 0 Å². The fourth-order valence-electron chi connectivity index (χ4n) is 1.22. The molecule has 0 aliphatic rings. The van der Waals surface area contributed by atoms with Gasteiger partial charge in [-0.25, -0.2) is 0 Å². The zero-order chi connectivity index (χ0) is 12.4. The predicted molar refractivity (Wildman–Crippen MR) is 89.5 cm³/mol. The summed E-state index contributed by atoms with van der Waals surface area (Å²) in [6.07, 6.45) is 4.02. The van der Waals surface area contributed by atoms with Gasteiger partial charge < -0.3 is 0 Å². The van der Waals surface area contributed by atoms with E-state index in [1.54, 1.807) is 0 Å². The average molecular weight is 299 g/mol. The van der Waals surface area contributed by atoms with Gasteiger partial charge in [-0.1, -0.05) is 55.7 Å². The summed E-state index contributed by atoms with van der Waals surface area (Å²) >= 11 is 2.19. The third-order valence-electron chi connectivity index (χ3n) is 2.13. The molecule has 0 N–H and O–H groups in total. The largest absolute Gasteiger partial charge is 0.139 e. The maximum absolute atomic E-state index is 2.36. The number of hydrogen-bond donors (Lipinski definition) is 0. The SMILES string of the molecule is CCCCSSC(C)SC(PCC)C(C)C. The van der Waals surface area contributed by atoms with Gasteiger partial charge in [0, 0.05) is 10.7 Å². The minimum absolute atomic E-state index is 0.744. The molecule has 3 unspecified atom stereocenters. The number of unbranched alkanes of at least 4 members (excludes halogenated alkanes) is 1. The molecule has 0 nitrogen and oxygen atoms in total. The first-order chi connectivity index (χ1) is 7.61.